The summed E-state index contributed by atoms with van der Waals surface area (Å²) in [6, 6.07) is 1.68. The van der Waals surface area contributed by atoms with Crippen LogP contribution in [-0.2, 0) is 22.3 Å². The highest BCUT2D eigenvalue weighted by Gasteiger charge is 2.38. The van der Waals surface area contributed by atoms with Crippen molar-refractivity contribution in [3.8, 4) is 0 Å². The summed E-state index contributed by atoms with van der Waals surface area (Å²) >= 11 is 1.34. The number of nitrogens with one attached hydrogen (secondary N) is 2. The molecular weight excluding hydrogens is 554 g/mol. The number of nitrogens with two attached hydrogens (primary N) is 1. The molecule has 0 saturated carbocycles. The summed E-state index contributed by atoms with van der Waals surface area (Å²) in [4.78, 5) is 43.2. The third kappa shape index (κ3) is 6.59. The predicted octanol–water partition coefficient (Wildman–Crippen LogP) is 4.08. The summed E-state index contributed by atoms with van der Waals surface area (Å²) < 4.78 is 11.6. The Morgan fingerprint density at radius 3 is 2.64 bits per heavy atom. The number of fused-ring (bicyclic) bond motifs is 2. The van der Waals surface area contributed by atoms with Crippen molar-refractivity contribution >= 4 is 45.2 Å². The summed E-state index contributed by atoms with van der Waals surface area (Å²) in [7, 11) is 0. The zero-order chi connectivity index (χ0) is 30.3. The quantitative estimate of drug-likeness (QED) is 0.384. The Morgan fingerprint density at radius 2 is 1.93 bits per heavy atom. The van der Waals surface area contributed by atoms with Crippen LogP contribution in [0.1, 0.15) is 73.2 Å². The number of ether oxygens (including phenoxy) is 2. The highest BCUT2D eigenvalue weighted by molar-refractivity contribution is 7.21. The number of rotatable bonds is 6. The fourth-order valence-electron chi connectivity index (χ4n) is 5.68. The molecular formula is C30H41N7O4S. The molecule has 1 aliphatic carbocycles. The molecule has 11 nitrogen and oxygen atoms in total. The molecule has 1 aliphatic heterocycles. The van der Waals surface area contributed by atoms with E-state index in [1.54, 1.807) is 0 Å². The van der Waals surface area contributed by atoms with E-state index in [1.807, 2.05) is 65.6 Å². The molecule has 1 saturated heterocycles. The Kier molecular flexibility index (Phi) is 8.30. The number of aromatic nitrogens is 3. The molecule has 3 aromatic heterocycles. The minimum absolute atomic E-state index is 0.00166. The highest BCUT2D eigenvalue weighted by Crippen LogP contribution is 2.35. The maximum Gasteiger partial charge on any atom is 0.408 e. The van der Waals surface area contributed by atoms with Gasteiger partial charge in [0.15, 0.2) is 0 Å². The molecule has 0 bridgehead atoms. The molecule has 1 fully saturated rings. The van der Waals surface area contributed by atoms with Crippen LogP contribution in [0.15, 0.2) is 12.3 Å². The van der Waals surface area contributed by atoms with Crippen molar-refractivity contribution in [1.29, 1.82) is 0 Å². The largest absolute Gasteiger partial charge is 0.444 e. The molecule has 0 aromatic carbocycles. The summed E-state index contributed by atoms with van der Waals surface area (Å²) in [5.74, 6) is 0.439. The number of carbonyl (C=O) groups is 2. The maximum atomic E-state index is 13.2. The Labute approximate surface area is 250 Å². The van der Waals surface area contributed by atoms with Gasteiger partial charge in [0.05, 0.1) is 23.9 Å². The molecule has 5 rings (SSSR count). The molecule has 1 unspecified atom stereocenters. The van der Waals surface area contributed by atoms with E-state index in [-0.39, 0.29) is 30.2 Å². The van der Waals surface area contributed by atoms with Gasteiger partial charge in [-0.25, -0.2) is 19.7 Å². The van der Waals surface area contributed by atoms with E-state index in [4.69, 9.17) is 20.2 Å². The number of nitrogen functional groups attached to an aromatic ring is 1. The minimum atomic E-state index is -0.588. The van der Waals surface area contributed by atoms with Crippen LogP contribution in [-0.4, -0.2) is 69.9 Å². The summed E-state index contributed by atoms with van der Waals surface area (Å²) in [5.41, 5.74) is 10.2. The minimum Gasteiger partial charge on any atom is -0.444 e. The highest BCUT2D eigenvalue weighted by atomic mass is 32.1. The third-order valence-corrected chi connectivity index (χ3v) is 8.50. The average Bonchev–Trinajstić information content (AvgIpc) is 3.42. The van der Waals surface area contributed by atoms with E-state index in [9.17, 15) is 9.59 Å². The molecule has 0 radical (unpaired) electrons. The van der Waals surface area contributed by atoms with Gasteiger partial charge in [-0.15, -0.1) is 11.3 Å². The van der Waals surface area contributed by atoms with Crippen LogP contribution in [0.5, 0.6) is 0 Å². The molecule has 0 spiro atoms. The summed E-state index contributed by atoms with van der Waals surface area (Å²) in [6.45, 7) is 14.5. The summed E-state index contributed by atoms with van der Waals surface area (Å²) in [5, 5.41) is 7.01. The first-order valence-electron chi connectivity index (χ1n) is 14.5. The average molecular weight is 596 g/mol. The second-order valence-corrected chi connectivity index (χ2v) is 13.5. The number of alkyl carbamates (subject to hydrolysis) is 1. The van der Waals surface area contributed by atoms with E-state index >= 15 is 0 Å². The number of hydrogen-bond acceptors (Lipinski definition) is 10. The predicted molar refractivity (Wildman–Crippen MR) is 164 cm³/mol. The van der Waals surface area contributed by atoms with E-state index < -0.39 is 11.7 Å². The van der Waals surface area contributed by atoms with Crippen molar-refractivity contribution < 1.29 is 19.1 Å². The van der Waals surface area contributed by atoms with E-state index in [0.29, 0.717) is 36.0 Å². The fraction of sp³-hybridized carbons (Fsp3) is 0.567. The first kappa shape index (κ1) is 30.0. The smallest absolute Gasteiger partial charge is 0.408 e. The van der Waals surface area contributed by atoms with E-state index in [1.165, 1.54) is 11.3 Å². The zero-order valence-corrected chi connectivity index (χ0v) is 26.2. The molecule has 4 heterocycles. The SMILES string of the molecule is Cc1cc(C)c2c(N)c(C(=O)NC3CCc4nc(N5C[C@H](NC(=O)OC(C)(C)C)[C@@H](OC(C)C)C5)ncc4C3)sc2n1. The van der Waals surface area contributed by atoms with Crippen LogP contribution in [0, 0.1) is 13.8 Å². The van der Waals surface area contributed by atoms with Crippen molar-refractivity contribution in [2.24, 2.45) is 0 Å². The zero-order valence-electron chi connectivity index (χ0n) is 25.4. The van der Waals surface area contributed by atoms with Gasteiger partial charge in [-0.1, -0.05) is 0 Å². The van der Waals surface area contributed by atoms with Crippen molar-refractivity contribution in [2.45, 2.75) is 97.6 Å². The molecule has 3 aromatic rings. The lowest BCUT2D eigenvalue weighted by Crippen LogP contribution is -2.46. The van der Waals surface area contributed by atoms with Crippen molar-refractivity contribution in [3.05, 3.63) is 39.7 Å². The third-order valence-electron chi connectivity index (χ3n) is 7.40. The molecule has 4 N–H and O–H groups in total. The normalized spacial score (nSPS) is 20.6. The van der Waals surface area contributed by atoms with Gasteiger partial charge in [-0.2, -0.15) is 0 Å². The van der Waals surface area contributed by atoms with Gasteiger partial charge in [-0.05, 0) is 84.9 Å². The maximum absolute atomic E-state index is 13.2. The van der Waals surface area contributed by atoms with E-state index in [0.717, 1.165) is 45.6 Å². The number of aryl methyl sites for hydroxylation is 3. The standard InChI is InChI=1S/C30H41N7O4S/c1-15(2)40-22-14-37(13-21(22)36-29(39)41-30(5,6)7)28-32-12-18-11-19(8-9-20(18)35-28)34-26(38)25-24(31)23-16(3)10-17(4)33-27(23)42-25/h10,12,15,19,21-22H,8-9,11,13-14,31H2,1-7H3,(H,34,38)(H,36,39)/t19?,21-,22-/m0/s1. The number of amides is 2. The lowest BCUT2D eigenvalue weighted by Gasteiger charge is -2.26. The molecule has 3 atom stereocenters. The number of carbonyl (C=O) groups excluding carboxylic acids is 2. The Morgan fingerprint density at radius 1 is 1.17 bits per heavy atom. The van der Waals surface area contributed by atoms with Crippen LogP contribution in [0.3, 0.4) is 0 Å². The van der Waals surface area contributed by atoms with Crippen LogP contribution in [0.2, 0.25) is 0 Å². The topological polar surface area (TPSA) is 145 Å². The van der Waals surface area contributed by atoms with Gasteiger partial charge >= 0.3 is 6.09 Å². The van der Waals surface area contributed by atoms with Gasteiger partial charge in [0.1, 0.15) is 15.3 Å². The molecule has 226 valence electrons. The van der Waals surface area contributed by atoms with Crippen molar-refractivity contribution in [2.75, 3.05) is 23.7 Å². The van der Waals surface area contributed by atoms with Crippen molar-refractivity contribution in [1.82, 2.24) is 25.6 Å². The van der Waals surface area contributed by atoms with Crippen LogP contribution in [0.4, 0.5) is 16.4 Å². The fourth-order valence-corrected chi connectivity index (χ4v) is 6.80. The van der Waals surface area contributed by atoms with Crippen molar-refractivity contribution in [3.63, 3.8) is 0 Å². The number of thiophene rings is 1. The molecule has 2 amide bonds. The Balaban J connectivity index is 1.25. The van der Waals surface area contributed by atoms with E-state index in [2.05, 4.69) is 20.6 Å². The number of anilines is 2. The second kappa shape index (κ2) is 11.6. The molecule has 42 heavy (non-hydrogen) atoms. The Bertz CT molecular complexity index is 1500. The number of pyridine rings is 1. The monoisotopic (exact) mass is 595 g/mol. The first-order chi connectivity index (χ1) is 19.8. The van der Waals surface area contributed by atoms with Crippen LogP contribution in [0.25, 0.3) is 10.2 Å². The van der Waals surface area contributed by atoms with Gasteiger partial charge in [0.2, 0.25) is 5.95 Å². The lowest BCUT2D eigenvalue weighted by atomic mass is 9.93. The second-order valence-electron chi connectivity index (χ2n) is 12.5. The van der Waals surface area contributed by atoms with Gasteiger partial charge in [0, 0.05) is 42.1 Å². The van der Waals surface area contributed by atoms with Crippen LogP contribution >= 0.6 is 11.3 Å². The number of nitrogens with zero attached hydrogens (tertiary/aromatic N) is 4. The van der Waals surface area contributed by atoms with Crippen LogP contribution < -0.4 is 21.3 Å². The molecule has 12 heteroatoms. The Hall–Kier alpha value is -3.51. The number of hydrogen-bond donors (Lipinski definition) is 3. The van der Waals surface area contributed by atoms with Gasteiger partial charge < -0.3 is 30.7 Å². The summed E-state index contributed by atoms with van der Waals surface area (Å²) in [6.07, 6.45) is 3.29. The molecule has 2 aliphatic rings. The van der Waals surface area contributed by atoms with Gasteiger partial charge in [-0.3, -0.25) is 4.79 Å². The lowest BCUT2D eigenvalue weighted by molar-refractivity contribution is 0.000666. The van der Waals surface area contributed by atoms with Gasteiger partial charge in [0.25, 0.3) is 5.91 Å². The first-order valence-corrected chi connectivity index (χ1v) is 15.3.